The largest absolute Gasteiger partial charge is 0.504 e. The van der Waals surface area contributed by atoms with Gasteiger partial charge in [0.2, 0.25) is 0 Å². The molecule has 2 N–H and O–H groups in total. The van der Waals surface area contributed by atoms with Gasteiger partial charge in [0.05, 0.1) is 10.7 Å². The van der Waals surface area contributed by atoms with Gasteiger partial charge in [-0.2, -0.15) is 0 Å². The molecule has 1 aromatic carbocycles. The molecule has 0 bridgehead atoms. The third-order valence-electron chi connectivity index (χ3n) is 2.51. The minimum atomic E-state index is -0.478. The summed E-state index contributed by atoms with van der Waals surface area (Å²) in [6, 6.07) is 6.08. The summed E-state index contributed by atoms with van der Waals surface area (Å²) < 4.78 is 5.31. The van der Waals surface area contributed by atoms with Gasteiger partial charge in [-0.15, -0.1) is 0 Å². The predicted octanol–water partition coefficient (Wildman–Crippen LogP) is 4.11. The summed E-state index contributed by atoms with van der Waals surface area (Å²) >= 11 is 11.6. The molecule has 2 rings (SSSR count). The number of rotatable bonds is 3. The van der Waals surface area contributed by atoms with E-state index in [4.69, 9.17) is 27.6 Å². The Bertz CT molecular complexity index is 622. The van der Waals surface area contributed by atoms with Gasteiger partial charge in [0, 0.05) is 11.4 Å². The number of aromatic hydroxyl groups is 1. The summed E-state index contributed by atoms with van der Waals surface area (Å²) in [6.45, 7) is 1.92. The Kier molecular flexibility index (Phi) is 4.02. The molecule has 1 heterocycles. The average molecular weight is 300 g/mol. The molecule has 0 unspecified atom stereocenters. The highest BCUT2D eigenvalue weighted by Gasteiger charge is 2.15. The number of benzene rings is 1. The van der Waals surface area contributed by atoms with E-state index >= 15 is 0 Å². The van der Waals surface area contributed by atoms with Crippen LogP contribution in [0.25, 0.3) is 0 Å². The Labute approximate surface area is 119 Å². The highest BCUT2D eigenvalue weighted by atomic mass is 35.5. The number of carbonyl (C=O) groups excluding carboxylic acids is 1. The number of amides is 1. The van der Waals surface area contributed by atoms with Crippen molar-refractivity contribution in [1.29, 1.82) is 0 Å². The number of hydrogen-bond donors (Lipinski definition) is 2. The van der Waals surface area contributed by atoms with Crippen molar-refractivity contribution < 1.29 is 14.3 Å². The number of hydrogen-bond acceptors (Lipinski definition) is 3. The summed E-state index contributed by atoms with van der Waals surface area (Å²) in [5.41, 5.74) is 0.136. The minimum Gasteiger partial charge on any atom is -0.504 e. The third-order valence-corrected chi connectivity index (χ3v) is 3.02. The Morgan fingerprint density at radius 3 is 2.74 bits per heavy atom. The van der Waals surface area contributed by atoms with Crippen LogP contribution in [0.3, 0.4) is 0 Å². The van der Waals surface area contributed by atoms with Gasteiger partial charge >= 0.3 is 0 Å². The monoisotopic (exact) mass is 299 g/mol. The number of halogens is 2. The zero-order valence-corrected chi connectivity index (χ0v) is 11.5. The van der Waals surface area contributed by atoms with Crippen molar-refractivity contribution in [3.63, 3.8) is 0 Å². The zero-order valence-electron chi connectivity index (χ0n) is 10.0. The third kappa shape index (κ3) is 3.03. The topological polar surface area (TPSA) is 62.5 Å². The number of aryl methyl sites for hydroxylation is 1. The van der Waals surface area contributed by atoms with Crippen molar-refractivity contribution in [3.8, 4) is 5.75 Å². The van der Waals surface area contributed by atoms with E-state index in [0.29, 0.717) is 17.2 Å². The maximum atomic E-state index is 11.9. The number of carbonyl (C=O) groups is 1. The van der Waals surface area contributed by atoms with Crippen molar-refractivity contribution in [2.75, 3.05) is 5.32 Å². The van der Waals surface area contributed by atoms with E-state index < -0.39 is 5.91 Å². The Hall–Kier alpha value is -1.65. The van der Waals surface area contributed by atoms with Crippen LogP contribution in [0.1, 0.15) is 23.2 Å². The average Bonchev–Trinajstić information content (AvgIpc) is 2.84. The molecule has 1 aromatic heterocycles. The molecule has 0 atom stereocenters. The van der Waals surface area contributed by atoms with Crippen LogP contribution in [0.15, 0.2) is 28.7 Å². The molecule has 1 amide bonds. The van der Waals surface area contributed by atoms with Crippen molar-refractivity contribution in [2.45, 2.75) is 13.3 Å². The lowest BCUT2D eigenvalue weighted by Crippen LogP contribution is -2.11. The van der Waals surface area contributed by atoms with Gasteiger partial charge in [-0.3, -0.25) is 4.79 Å². The van der Waals surface area contributed by atoms with Crippen molar-refractivity contribution in [3.05, 3.63) is 45.8 Å². The smallest absolute Gasteiger partial charge is 0.291 e. The lowest BCUT2D eigenvalue weighted by atomic mass is 10.2. The number of furan rings is 1. The molecule has 6 heteroatoms. The fourth-order valence-corrected chi connectivity index (χ4v) is 2.03. The van der Waals surface area contributed by atoms with Crippen molar-refractivity contribution in [2.24, 2.45) is 0 Å². The van der Waals surface area contributed by atoms with Gasteiger partial charge < -0.3 is 14.8 Å². The van der Waals surface area contributed by atoms with E-state index in [1.54, 1.807) is 12.1 Å². The maximum Gasteiger partial charge on any atom is 0.291 e. The fourth-order valence-electron chi connectivity index (χ4n) is 1.54. The van der Waals surface area contributed by atoms with E-state index in [1.807, 2.05) is 6.92 Å². The number of phenols is 1. The number of anilines is 1. The van der Waals surface area contributed by atoms with Crippen molar-refractivity contribution in [1.82, 2.24) is 0 Å². The first kappa shape index (κ1) is 13.8. The van der Waals surface area contributed by atoms with E-state index in [1.165, 1.54) is 12.1 Å². The number of phenolic OH excluding ortho intramolecular Hbond substituents is 1. The maximum absolute atomic E-state index is 11.9. The van der Waals surface area contributed by atoms with E-state index in [0.717, 1.165) is 0 Å². The first-order valence-electron chi connectivity index (χ1n) is 5.59. The summed E-state index contributed by atoms with van der Waals surface area (Å²) in [7, 11) is 0. The van der Waals surface area contributed by atoms with Crippen LogP contribution in [-0.4, -0.2) is 11.0 Å². The van der Waals surface area contributed by atoms with Gasteiger partial charge in [0.25, 0.3) is 5.91 Å². The number of nitrogens with one attached hydrogen (secondary N) is 1. The van der Waals surface area contributed by atoms with Gasteiger partial charge in [-0.05, 0) is 24.3 Å². The zero-order chi connectivity index (χ0) is 14.0. The Morgan fingerprint density at radius 2 is 2.11 bits per heavy atom. The molecular weight excluding hydrogens is 289 g/mol. The predicted molar refractivity (Wildman–Crippen MR) is 74.2 cm³/mol. The second-order valence-electron chi connectivity index (χ2n) is 3.86. The SMILES string of the molecule is CCc1ccc(C(=O)Nc2cc(Cl)cc(Cl)c2O)o1. The summed E-state index contributed by atoms with van der Waals surface area (Å²) in [5, 5.41) is 12.6. The highest BCUT2D eigenvalue weighted by molar-refractivity contribution is 6.36. The summed E-state index contributed by atoms with van der Waals surface area (Å²) in [5.74, 6) is 0.154. The van der Waals surface area contributed by atoms with Gasteiger partial charge in [-0.25, -0.2) is 0 Å². The molecule has 2 aromatic rings. The van der Waals surface area contributed by atoms with Crippen LogP contribution in [0.4, 0.5) is 5.69 Å². The first-order valence-corrected chi connectivity index (χ1v) is 6.35. The standard InChI is InChI=1S/C13H11Cl2NO3/c1-2-8-3-4-11(19-8)13(18)16-10-6-7(14)5-9(15)12(10)17/h3-6,17H,2H2,1H3,(H,16,18). The lowest BCUT2D eigenvalue weighted by molar-refractivity contribution is 0.0994. The molecular formula is C13H11Cl2NO3. The van der Waals surface area contributed by atoms with Crippen LogP contribution in [0.5, 0.6) is 5.75 Å². The molecule has 0 aliphatic carbocycles. The molecule has 0 radical (unpaired) electrons. The van der Waals surface area contributed by atoms with Gasteiger partial charge in [-0.1, -0.05) is 30.1 Å². The normalized spacial score (nSPS) is 10.5. The molecule has 0 saturated carbocycles. The van der Waals surface area contributed by atoms with Crippen LogP contribution >= 0.6 is 23.2 Å². The highest BCUT2D eigenvalue weighted by Crippen LogP contribution is 2.35. The van der Waals surface area contributed by atoms with Gasteiger partial charge in [0.15, 0.2) is 11.5 Å². The second kappa shape index (κ2) is 5.55. The van der Waals surface area contributed by atoms with E-state index in [9.17, 15) is 9.90 Å². The molecule has 0 fully saturated rings. The molecule has 0 spiro atoms. The summed E-state index contributed by atoms with van der Waals surface area (Å²) in [4.78, 5) is 11.9. The van der Waals surface area contributed by atoms with Crippen LogP contribution in [0, 0.1) is 0 Å². The first-order chi connectivity index (χ1) is 9.01. The summed E-state index contributed by atoms with van der Waals surface area (Å²) in [6.07, 6.45) is 0.696. The van der Waals surface area contributed by atoms with E-state index in [-0.39, 0.29) is 22.2 Å². The Balaban J connectivity index is 2.23. The molecule has 0 aliphatic rings. The van der Waals surface area contributed by atoms with Crippen LogP contribution < -0.4 is 5.32 Å². The van der Waals surface area contributed by atoms with Crippen LogP contribution in [0.2, 0.25) is 10.0 Å². The second-order valence-corrected chi connectivity index (χ2v) is 4.70. The molecule has 19 heavy (non-hydrogen) atoms. The quantitative estimate of drug-likeness (QED) is 0.839. The molecule has 0 saturated heterocycles. The van der Waals surface area contributed by atoms with Crippen LogP contribution in [-0.2, 0) is 6.42 Å². The van der Waals surface area contributed by atoms with Crippen molar-refractivity contribution >= 4 is 34.8 Å². The Morgan fingerprint density at radius 1 is 1.37 bits per heavy atom. The fraction of sp³-hybridized carbons (Fsp3) is 0.154. The minimum absolute atomic E-state index is 0.0662. The molecule has 0 aliphatic heterocycles. The lowest BCUT2D eigenvalue weighted by Gasteiger charge is -2.07. The molecule has 4 nitrogen and oxygen atoms in total. The van der Waals surface area contributed by atoms with Gasteiger partial charge in [0.1, 0.15) is 5.76 Å². The van der Waals surface area contributed by atoms with E-state index in [2.05, 4.69) is 5.32 Å². The molecule has 100 valence electrons.